The minimum absolute atomic E-state index is 0.573. The molecule has 5 heteroatoms. The Morgan fingerprint density at radius 2 is 1.65 bits per heavy atom. The van der Waals surface area contributed by atoms with E-state index in [-0.39, 0.29) is 0 Å². The van der Waals surface area contributed by atoms with Crippen molar-refractivity contribution in [3.63, 3.8) is 0 Å². The molecule has 1 saturated heterocycles. The highest BCUT2D eigenvalue weighted by Crippen LogP contribution is 2.31. The lowest BCUT2D eigenvalue weighted by molar-refractivity contribution is -0.862. The number of nitrogens with zero attached hydrogens (tertiary/aromatic N) is 1. The summed E-state index contributed by atoms with van der Waals surface area (Å²) in [5.41, 5.74) is 4.23. The second-order valence-electron chi connectivity index (χ2n) is 7.01. The van der Waals surface area contributed by atoms with Crippen molar-refractivity contribution in [1.29, 1.82) is 0 Å². The first-order valence-electron chi connectivity index (χ1n) is 9.06. The smallest absolute Gasteiger partial charge is 0.360 e. The van der Waals surface area contributed by atoms with E-state index in [1.54, 1.807) is 6.07 Å². The maximum absolute atomic E-state index is 12.9. The molecule has 2 nitrogen and oxygen atoms in total. The van der Waals surface area contributed by atoms with E-state index < -0.39 is 11.7 Å². The van der Waals surface area contributed by atoms with Crippen LogP contribution in [0.15, 0.2) is 54.2 Å². The molecular weight excluding hydrogens is 337 g/mol. The molecule has 0 radical (unpaired) electrons. The fourth-order valence-electron chi connectivity index (χ4n) is 3.95. The van der Waals surface area contributed by atoms with E-state index in [0.717, 1.165) is 45.1 Å². The molecule has 0 atom stereocenters. The number of hydrogen-bond acceptors (Lipinski definition) is 1. The maximum atomic E-state index is 12.9. The number of fused-ring (bicyclic) bond motifs is 1. The molecule has 0 aromatic heterocycles. The van der Waals surface area contributed by atoms with Gasteiger partial charge in [0, 0.05) is 18.2 Å². The molecule has 26 heavy (non-hydrogen) atoms. The lowest BCUT2D eigenvalue weighted by atomic mass is 9.94. The molecule has 0 saturated carbocycles. The highest BCUT2D eigenvalue weighted by molar-refractivity contribution is 5.57. The number of rotatable bonds is 2. The van der Waals surface area contributed by atoms with Crippen LogP contribution in [0.1, 0.15) is 23.1 Å². The Hall–Kier alpha value is -2.27. The van der Waals surface area contributed by atoms with Crippen molar-refractivity contribution in [2.45, 2.75) is 19.0 Å². The van der Waals surface area contributed by atoms with Crippen molar-refractivity contribution in [3.05, 3.63) is 70.9 Å². The summed E-state index contributed by atoms with van der Waals surface area (Å²) < 4.78 is 38.8. The molecule has 2 aromatic rings. The average Bonchev–Trinajstić information content (AvgIpc) is 2.67. The third-order valence-corrected chi connectivity index (χ3v) is 5.41. The molecule has 1 aliphatic carbocycles. The topological polar surface area (TPSA) is 7.68 Å². The van der Waals surface area contributed by atoms with E-state index in [9.17, 15) is 13.2 Å². The van der Waals surface area contributed by atoms with Gasteiger partial charge in [-0.05, 0) is 35.7 Å². The van der Waals surface area contributed by atoms with Gasteiger partial charge in [-0.2, -0.15) is 13.2 Å². The molecule has 1 aliphatic heterocycles. The van der Waals surface area contributed by atoms with Crippen LogP contribution >= 0.6 is 0 Å². The fourth-order valence-corrected chi connectivity index (χ4v) is 3.95. The van der Waals surface area contributed by atoms with E-state index in [2.05, 4.69) is 35.2 Å². The first kappa shape index (κ1) is 17.2. The second kappa shape index (κ2) is 6.80. The second-order valence-corrected chi connectivity index (χ2v) is 7.01. The minimum Gasteiger partial charge on any atom is -0.360 e. The van der Waals surface area contributed by atoms with E-state index >= 15 is 0 Å². The minimum atomic E-state index is -4.29. The normalized spacial score (nSPS) is 18.4. The molecule has 2 aliphatic rings. The molecule has 1 heterocycles. The third kappa shape index (κ3) is 3.49. The number of nitrogens with one attached hydrogen (secondary N) is 1. The molecule has 0 bridgehead atoms. The van der Waals surface area contributed by atoms with Crippen molar-refractivity contribution >= 4 is 11.8 Å². The zero-order valence-corrected chi connectivity index (χ0v) is 14.5. The number of benzene rings is 2. The molecular formula is C21H22F3N2+. The lowest BCUT2D eigenvalue weighted by Crippen LogP contribution is -3.13. The first-order chi connectivity index (χ1) is 12.5. The summed E-state index contributed by atoms with van der Waals surface area (Å²) in [4.78, 5) is 3.53. The van der Waals surface area contributed by atoms with Crippen LogP contribution in [0.3, 0.4) is 0 Å². The van der Waals surface area contributed by atoms with Gasteiger partial charge < -0.3 is 9.80 Å². The lowest BCUT2D eigenvalue weighted by Gasteiger charge is -2.35. The van der Waals surface area contributed by atoms with Gasteiger partial charge in [0.1, 0.15) is 5.70 Å². The number of quaternary nitrogens is 1. The van der Waals surface area contributed by atoms with Crippen LogP contribution in [0, 0.1) is 0 Å². The van der Waals surface area contributed by atoms with Gasteiger partial charge in [-0.15, -0.1) is 0 Å². The molecule has 0 unspecified atom stereocenters. The van der Waals surface area contributed by atoms with Gasteiger partial charge in [-0.25, -0.2) is 0 Å². The van der Waals surface area contributed by atoms with E-state index in [4.69, 9.17) is 0 Å². The number of hydrogen-bond donors (Lipinski definition) is 1. The molecule has 136 valence electrons. The summed E-state index contributed by atoms with van der Waals surface area (Å²) in [5, 5.41) is 0. The number of alkyl halides is 3. The van der Waals surface area contributed by atoms with Gasteiger partial charge in [0.05, 0.1) is 31.7 Å². The van der Waals surface area contributed by atoms with Crippen LogP contribution in [-0.4, -0.2) is 26.2 Å². The average molecular weight is 359 g/mol. The van der Waals surface area contributed by atoms with Gasteiger partial charge in [-0.3, -0.25) is 0 Å². The largest absolute Gasteiger partial charge is 0.416 e. The summed E-state index contributed by atoms with van der Waals surface area (Å²) in [7, 11) is 0. The van der Waals surface area contributed by atoms with Crippen LogP contribution in [0.2, 0.25) is 0 Å². The van der Waals surface area contributed by atoms with Crippen molar-refractivity contribution in [2.24, 2.45) is 0 Å². The summed E-state index contributed by atoms with van der Waals surface area (Å²) in [6, 6.07) is 14.2. The van der Waals surface area contributed by atoms with E-state index in [1.165, 1.54) is 33.9 Å². The van der Waals surface area contributed by atoms with Crippen molar-refractivity contribution in [3.8, 4) is 0 Å². The van der Waals surface area contributed by atoms with Gasteiger partial charge in [-0.1, -0.05) is 30.3 Å². The molecule has 2 aromatic carbocycles. The first-order valence-corrected chi connectivity index (χ1v) is 9.06. The Bertz CT molecular complexity index is 818. The Balaban J connectivity index is 1.45. The number of anilines is 1. The van der Waals surface area contributed by atoms with Gasteiger partial charge in [0.2, 0.25) is 0 Å². The summed E-state index contributed by atoms with van der Waals surface area (Å²) in [6.45, 7) is 3.39. The van der Waals surface area contributed by atoms with Crippen molar-refractivity contribution < 1.29 is 18.1 Å². The molecule has 0 spiro atoms. The van der Waals surface area contributed by atoms with Crippen molar-refractivity contribution in [2.75, 3.05) is 31.1 Å². The molecule has 4 rings (SSSR count). The quantitative estimate of drug-likeness (QED) is 0.864. The number of aryl methyl sites for hydroxylation is 1. The highest BCUT2D eigenvalue weighted by atomic mass is 19.4. The SMILES string of the molecule is FC(F)(F)c1cccc(N2CC[NH+](C3=Cc4ccccc4CC3)CC2)c1. The summed E-state index contributed by atoms with van der Waals surface area (Å²) in [5.74, 6) is 0. The fraction of sp³-hybridized carbons (Fsp3) is 0.333. The number of allylic oxidation sites excluding steroid dienone is 1. The van der Waals surface area contributed by atoms with Gasteiger partial charge >= 0.3 is 6.18 Å². The van der Waals surface area contributed by atoms with Crippen molar-refractivity contribution in [1.82, 2.24) is 0 Å². The third-order valence-electron chi connectivity index (χ3n) is 5.41. The van der Waals surface area contributed by atoms with Crippen LogP contribution in [0.25, 0.3) is 6.08 Å². The standard InChI is InChI=1S/C21H21F3N2/c22-21(23,24)18-6-3-7-19(15-18)25-10-12-26(13-11-25)20-9-8-16-4-1-2-5-17(16)14-20/h1-7,14-15H,8-13H2/p+1. The summed E-state index contributed by atoms with van der Waals surface area (Å²) >= 11 is 0. The summed E-state index contributed by atoms with van der Waals surface area (Å²) in [6.07, 6.45) is 0.149. The van der Waals surface area contributed by atoms with Crippen LogP contribution in [-0.2, 0) is 12.6 Å². The maximum Gasteiger partial charge on any atom is 0.416 e. The predicted octanol–water partition coefficient (Wildman–Crippen LogP) is 3.40. The van der Waals surface area contributed by atoms with E-state index in [1.807, 2.05) is 0 Å². The number of halogens is 3. The zero-order valence-electron chi connectivity index (χ0n) is 14.5. The zero-order chi connectivity index (χ0) is 18.1. The molecule has 0 amide bonds. The van der Waals surface area contributed by atoms with Crippen LogP contribution in [0.4, 0.5) is 18.9 Å². The Morgan fingerprint density at radius 1 is 0.885 bits per heavy atom. The Labute approximate surface area is 151 Å². The molecule has 1 fully saturated rings. The Morgan fingerprint density at radius 3 is 2.42 bits per heavy atom. The van der Waals surface area contributed by atoms with Gasteiger partial charge in [0.25, 0.3) is 0 Å². The Kier molecular flexibility index (Phi) is 4.49. The molecule has 1 N–H and O–H groups in total. The van der Waals surface area contributed by atoms with Crippen LogP contribution in [0.5, 0.6) is 0 Å². The highest BCUT2D eigenvalue weighted by Gasteiger charge is 2.31. The van der Waals surface area contributed by atoms with E-state index in [0.29, 0.717) is 5.69 Å². The monoisotopic (exact) mass is 359 g/mol. The predicted molar refractivity (Wildman–Crippen MR) is 97.1 cm³/mol. The van der Waals surface area contributed by atoms with Crippen LogP contribution < -0.4 is 9.80 Å². The van der Waals surface area contributed by atoms with Gasteiger partial charge in [0.15, 0.2) is 0 Å². The number of piperazine rings is 1.